The van der Waals surface area contributed by atoms with E-state index >= 15 is 0 Å². The van der Waals surface area contributed by atoms with Crippen molar-refractivity contribution >= 4 is 17.8 Å². The average Bonchev–Trinajstić information content (AvgIpc) is 2.60. The molecule has 0 saturated carbocycles. The van der Waals surface area contributed by atoms with Crippen LogP contribution < -0.4 is 10.1 Å². The molecule has 0 aromatic heterocycles. The van der Waals surface area contributed by atoms with Crippen molar-refractivity contribution in [3.63, 3.8) is 0 Å². The van der Waals surface area contributed by atoms with Crippen molar-refractivity contribution in [1.29, 1.82) is 0 Å². The molecule has 144 valence electrons. The Morgan fingerprint density at radius 1 is 1.00 bits per heavy atom. The number of esters is 2. The molecule has 1 amide bonds. The van der Waals surface area contributed by atoms with E-state index in [4.69, 9.17) is 18.9 Å². The third kappa shape index (κ3) is 7.10. The lowest BCUT2D eigenvalue weighted by atomic mass is 10.1. The standard InChI is InChI=1S/C18H25NO7/c1-5-24-17(21)13-7-14(18(22)25-6-2)9-15(8-13)26-11-16(20)19-12(3)10-23-4/h7-9,12H,5-6,10-11H2,1-4H3,(H,19,20)/t12-/m1/s1. The molecule has 8 nitrogen and oxygen atoms in total. The van der Waals surface area contributed by atoms with Gasteiger partial charge in [0, 0.05) is 13.2 Å². The number of rotatable bonds is 10. The highest BCUT2D eigenvalue weighted by Crippen LogP contribution is 2.19. The Labute approximate surface area is 152 Å². The lowest BCUT2D eigenvalue weighted by Gasteiger charge is -2.14. The number of carbonyl (C=O) groups excluding carboxylic acids is 3. The van der Waals surface area contributed by atoms with Crippen LogP contribution in [-0.4, -0.2) is 57.4 Å². The van der Waals surface area contributed by atoms with Crippen molar-refractivity contribution in [2.75, 3.05) is 33.5 Å². The predicted octanol–water partition coefficient (Wildman–Crippen LogP) is 1.57. The minimum absolute atomic E-state index is 0.139. The molecule has 0 aliphatic heterocycles. The molecule has 0 radical (unpaired) electrons. The Morgan fingerprint density at radius 3 is 2.00 bits per heavy atom. The molecule has 1 atom stereocenters. The summed E-state index contributed by atoms with van der Waals surface area (Å²) in [5, 5.41) is 2.69. The quantitative estimate of drug-likeness (QED) is 0.627. The van der Waals surface area contributed by atoms with Crippen LogP contribution >= 0.6 is 0 Å². The maximum atomic E-state index is 12.0. The first-order valence-electron chi connectivity index (χ1n) is 8.31. The first-order chi connectivity index (χ1) is 12.4. The number of nitrogens with one attached hydrogen (secondary N) is 1. The molecule has 0 aliphatic rings. The second-order valence-electron chi connectivity index (χ2n) is 5.40. The molecule has 0 bridgehead atoms. The van der Waals surface area contributed by atoms with Gasteiger partial charge in [0.05, 0.1) is 30.9 Å². The Balaban J connectivity index is 2.89. The van der Waals surface area contributed by atoms with Gasteiger partial charge in [0.2, 0.25) is 0 Å². The van der Waals surface area contributed by atoms with E-state index in [1.165, 1.54) is 25.3 Å². The zero-order valence-corrected chi connectivity index (χ0v) is 15.5. The van der Waals surface area contributed by atoms with Gasteiger partial charge in [0.1, 0.15) is 5.75 Å². The van der Waals surface area contributed by atoms with Gasteiger partial charge < -0.3 is 24.3 Å². The van der Waals surface area contributed by atoms with Gasteiger partial charge in [-0.15, -0.1) is 0 Å². The number of hydrogen-bond donors (Lipinski definition) is 1. The molecule has 1 N–H and O–H groups in total. The van der Waals surface area contributed by atoms with Crippen LogP contribution in [0.25, 0.3) is 0 Å². The summed E-state index contributed by atoms with van der Waals surface area (Å²) in [6, 6.07) is 4.01. The van der Waals surface area contributed by atoms with Crippen LogP contribution in [0.1, 0.15) is 41.5 Å². The largest absolute Gasteiger partial charge is 0.484 e. The number of ether oxygens (including phenoxy) is 4. The van der Waals surface area contributed by atoms with E-state index < -0.39 is 11.9 Å². The molecule has 8 heteroatoms. The van der Waals surface area contributed by atoms with Crippen molar-refractivity contribution in [3.8, 4) is 5.75 Å². The summed E-state index contributed by atoms with van der Waals surface area (Å²) < 4.78 is 20.2. The molecule has 0 unspecified atom stereocenters. The van der Waals surface area contributed by atoms with Gasteiger partial charge in [-0.25, -0.2) is 9.59 Å². The predicted molar refractivity (Wildman–Crippen MR) is 93.3 cm³/mol. The normalized spacial score (nSPS) is 11.4. The van der Waals surface area contributed by atoms with Crippen LogP contribution in [-0.2, 0) is 19.0 Å². The Kier molecular flexibility index (Phi) is 9.14. The van der Waals surface area contributed by atoms with Gasteiger partial charge in [-0.3, -0.25) is 4.79 Å². The molecular weight excluding hydrogens is 342 g/mol. The van der Waals surface area contributed by atoms with Crippen LogP contribution in [0, 0.1) is 0 Å². The zero-order chi connectivity index (χ0) is 19.5. The van der Waals surface area contributed by atoms with Gasteiger partial charge in [-0.05, 0) is 39.0 Å². The molecule has 26 heavy (non-hydrogen) atoms. The van der Waals surface area contributed by atoms with Crippen LogP contribution in [0.15, 0.2) is 18.2 Å². The fourth-order valence-corrected chi connectivity index (χ4v) is 2.10. The number of carbonyl (C=O) groups is 3. The van der Waals surface area contributed by atoms with Crippen molar-refractivity contribution < 1.29 is 33.3 Å². The minimum atomic E-state index is -0.596. The molecule has 1 aromatic rings. The molecule has 0 fully saturated rings. The molecule has 0 spiro atoms. The lowest BCUT2D eigenvalue weighted by molar-refractivity contribution is -0.124. The van der Waals surface area contributed by atoms with Crippen LogP contribution in [0.5, 0.6) is 5.75 Å². The van der Waals surface area contributed by atoms with E-state index in [0.717, 1.165) is 0 Å². The van der Waals surface area contributed by atoms with Gasteiger partial charge >= 0.3 is 11.9 Å². The average molecular weight is 367 g/mol. The van der Waals surface area contributed by atoms with Gasteiger partial charge in [-0.1, -0.05) is 0 Å². The molecule has 0 heterocycles. The summed E-state index contributed by atoms with van der Waals surface area (Å²) in [5.74, 6) is -1.36. The van der Waals surface area contributed by atoms with E-state index in [0.29, 0.717) is 6.61 Å². The minimum Gasteiger partial charge on any atom is -0.484 e. The van der Waals surface area contributed by atoms with E-state index in [2.05, 4.69) is 5.32 Å². The highest BCUT2D eigenvalue weighted by molar-refractivity contribution is 5.96. The zero-order valence-electron chi connectivity index (χ0n) is 15.5. The first-order valence-corrected chi connectivity index (χ1v) is 8.31. The number of amides is 1. The van der Waals surface area contributed by atoms with Gasteiger partial charge in [-0.2, -0.15) is 0 Å². The lowest BCUT2D eigenvalue weighted by Crippen LogP contribution is -2.38. The Hall–Kier alpha value is -2.61. The SMILES string of the molecule is CCOC(=O)c1cc(OCC(=O)N[C@H](C)COC)cc(C(=O)OCC)c1. The maximum Gasteiger partial charge on any atom is 0.338 e. The Bertz CT molecular complexity index is 594. The topological polar surface area (TPSA) is 100 Å². The van der Waals surface area contributed by atoms with E-state index in [9.17, 15) is 14.4 Å². The fraction of sp³-hybridized carbons (Fsp3) is 0.500. The monoisotopic (exact) mass is 367 g/mol. The summed E-state index contributed by atoms with van der Waals surface area (Å²) >= 11 is 0. The number of methoxy groups -OCH3 is 1. The first kappa shape index (κ1) is 21.4. The van der Waals surface area contributed by atoms with Crippen molar-refractivity contribution in [2.45, 2.75) is 26.8 Å². The Morgan fingerprint density at radius 2 is 1.54 bits per heavy atom. The number of benzene rings is 1. The highest BCUT2D eigenvalue weighted by Gasteiger charge is 2.16. The summed E-state index contributed by atoms with van der Waals surface area (Å²) in [6.45, 7) is 5.63. The molecule has 0 aliphatic carbocycles. The van der Waals surface area contributed by atoms with E-state index in [1.807, 2.05) is 0 Å². The molecule has 1 rings (SSSR count). The second kappa shape index (κ2) is 11.1. The second-order valence-corrected chi connectivity index (χ2v) is 5.40. The molecule has 1 aromatic carbocycles. The summed E-state index contributed by atoms with van der Waals surface area (Å²) in [5.41, 5.74) is 0.279. The summed E-state index contributed by atoms with van der Waals surface area (Å²) in [7, 11) is 1.54. The fourth-order valence-electron chi connectivity index (χ4n) is 2.10. The van der Waals surface area contributed by atoms with Crippen molar-refractivity contribution in [3.05, 3.63) is 29.3 Å². The third-order valence-corrected chi connectivity index (χ3v) is 3.12. The molecular formula is C18H25NO7. The van der Waals surface area contributed by atoms with Crippen LogP contribution in [0.2, 0.25) is 0 Å². The molecule has 0 saturated heterocycles. The maximum absolute atomic E-state index is 12.0. The van der Waals surface area contributed by atoms with Crippen LogP contribution in [0.3, 0.4) is 0 Å². The number of hydrogen-bond acceptors (Lipinski definition) is 7. The summed E-state index contributed by atoms with van der Waals surface area (Å²) in [4.78, 5) is 35.8. The van der Waals surface area contributed by atoms with Crippen molar-refractivity contribution in [1.82, 2.24) is 5.32 Å². The summed E-state index contributed by atoms with van der Waals surface area (Å²) in [6.07, 6.45) is 0. The van der Waals surface area contributed by atoms with Crippen molar-refractivity contribution in [2.24, 2.45) is 0 Å². The highest BCUT2D eigenvalue weighted by atomic mass is 16.5. The third-order valence-electron chi connectivity index (χ3n) is 3.12. The smallest absolute Gasteiger partial charge is 0.338 e. The van der Waals surface area contributed by atoms with Gasteiger partial charge in [0.25, 0.3) is 5.91 Å². The van der Waals surface area contributed by atoms with E-state index in [-0.39, 0.29) is 48.6 Å². The van der Waals surface area contributed by atoms with Gasteiger partial charge in [0.15, 0.2) is 6.61 Å². The van der Waals surface area contributed by atoms with E-state index in [1.54, 1.807) is 20.8 Å². The van der Waals surface area contributed by atoms with Crippen LogP contribution in [0.4, 0.5) is 0 Å².